The Kier molecular flexibility index (Phi) is 4.39. The van der Waals surface area contributed by atoms with Crippen molar-refractivity contribution in [1.29, 1.82) is 0 Å². The molecule has 0 aliphatic heterocycles. The Bertz CT molecular complexity index is 817. The smallest absolute Gasteiger partial charge is 0.323 e. The Morgan fingerprint density at radius 3 is 2.86 bits per heavy atom. The van der Waals surface area contributed by atoms with E-state index < -0.39 is 0 Å². The molecule has 1 amide bonds. The summed E-state index contributed by atoms with van der Waals surface area (Å²) in [4.78, 5) is 29.8. The van der Waals surface area contributed by atoms with Gasteiger partial charge in [0.05, 0.1) is 11.0 Å². The summed E-state index contributed by atoms with van der Waals surface area (Å²) in [5, 5.41) is 4.97. The summed E-state index contributed by atoms with van der Waals surface area (Å²) >= 11 is 1.72. The van der Waals surface area contributed by atoms with Gasteiger partial charge in [0.1, 0.15) is 0 Å². The minimum atomic E-state index is -0.218. The molecule has 5 nitrogen and oxygen atoms in total. The third-order valence-corrected chi connectivity index (χ3v) is 4.41. The SMILES string of the molecule is O=C(CCCc1cccs1)NCc1ccc2[nH]c(=O)[nH]c2c1. The van der Waals surface area contributed by atoms with E-state index >= 15 is 0 Å². The number of H-pyrrole nitrogens is 2. The molecule has 2 aromatic heterocycles. The number of hydrogen-bond acceptors (Lipinski definition) is 3. The first kappa shape index (κ1) is 14.6. The molecule has 6 heteroatoms. The summed E-state index contributed by atoms with van der Waals surface area (Å²) in [5.41, 5.74) is 2.28. The van der Waals surface area contributed by atoms with Crippen LogP contribution in [0.25, 0.3) is 11.0 Å². The van der Waals surface area contributed by atoms with Gasteiger partial charge < -0.3 is 15.3 Å². The quantitative estimate of drug-likeness (QED) is 0.654. The van der Waals surface area contributed by atoms with E-state index in [1.54, 1.807) is 11.3 Å². The Labute approximate surface area is 131 Å². The molecule has 0 atom stereocenters. The molecule has 3 N–H and O–H groups in total. The zero-order valence-electron chi connectivity index (χ0n) is 12.0. The summed E-state index contributed by atoms with van der Waals surface area (Å²) < 4.78 is 0. The van der Waals surface area contributed by atoms with Crippen LogP contribution in [0.3, 0.4) is 0 Å². The molecule has 0 saturated carbocycles. The topological polar surface area (TPSA) is 77.8 Å². The van der Waals surface area contributed by atoms with Crippen LogP contribution in [0.1, 0.15) is 23.3 Å². The second-order valence-electron chi connectivity index (χ2n) is 5.17. The lowest BCUT2D eigenvalue weighted by atomic mass is 10.2. The van der Waals surface area contributed by atoms with Gasteiger partial charge in [-0.2, -0.15) is 0 Å². The van der Waals surface area contributed by atoms with E-state index in [1.165, 1.54) is 4.88 Å². The molecule has 0 spiro atoms. The van der Waals surface area contributed by atoms with Crippen LogP contribution in [0.4, 0.5) is 0 Å². The highest BCUT2D eigenvalue weighted by Gasteiger charge is 2.04. The zero-order chi connectivity index (χ0) is 15.4. The maximum absolute atomic E-state index is 11.8. The zero-order valence-corrected chi connectivity index (χ0v) is 12.8. The number of aromatic nitrogens is 2. The lowest BCUT2D eigenvalue weighted by Crippen LogP contribution is -2.22. The molecule has 0 fully saturated rings. The molecule has 22 heavy (non-hydrogen) atoms. The molecule has 0 aliphatic rings. The van der Waals surface area contributed by atoms with Crippen molar-refractivity contribution in [3.8, 4) is 0 Å². The number of aryl methyl sites for hydroxylation is 1. The highest BCUT2D eigenvalue weighted by Crippen LogP contribution is 2.12. The molecule has 1 aromatic carbocycles. The Morgan fingerprint density at radius 2 is 2.05 bits per heavy atom. The van der Waals surface area contributed by atoms with Crippen LogP contribution >= 0.6 is 11.3 Å². The van der Waals surface area contributed by atoms with E-state index in [0.29, 0.717) is 13.0 Å². The molecule has 0 saturated heterocycles. The van der Waals surface area contributed by atoms with Gasteiger partial charge in [-0.25, -0.2) is 4.79 Å². The second-order valence-corrected chi connectivity index (χ2v) is 6.20. The van der Waals surface area contributed by atoms with Crippen LogP contribution in [0.15, 0.2) is 40.5 Å². The van der Waals surface area contributed by atoms with Crippen molar-refractivity contribution in [2.45, 2.75) is 25.8 Å². The second kappa shape index (κ2) is 6.62. The van der Waals surface area contributed by atoms with E-state index in [4.69, 9.17) is 0 Å². The molecular formula is C16H17N3O2S. The molecule has 2 heterocycles. The van der Waals surface area contributed by atoms with Crippen molar-refractivity contribution in [2.24, 2.45) is 0 Å². The van der Waals surface area contributed by atoms with Gasteiger partial charge in [0.25, 0.3) is 0 Å². The summed E-state index contributed by atoms with van der Waals surface area (Å²) in [7, 11) is 0. The fourth-order valence-electron chi connectivity index (χ4n) is 2.36. The van der Waals surface area contributed by atoms with Gasteiger partial charge in [-0.05, 0) is 42.0 Å². The van der Waals surface area contributed by atoms with Crippen molar-refractivity contribution in [3.63, 3.8) is 0 Å². The van der Waals surface area contributed by atoms with Crippen LogP contribution in [0, 0.1) is 0 Å². The van der Waals surface area contributed by atoms with Crippen LogP contribution in [-0.2, 0) is 17.8 Å². The number of carbonyl (C=O) groups is 1. The molecular weight excluding hydrogens is 298 g/mol. The summed E-state index contributed by atoms with van der Waals surface area (Å²) in [6.45, 7) is 0.473. The number of rotatable bonds is 6. The molecule has 0 unspecified atom stereocenters. The molecule has 0 aliphatic carbocycles. The molecule has 3 rings (SSSR count). The maximum Gasteiger partial charge on any atom is 0.323 e. The third kappa shape index (κ3) is 3.65. The van der Waals surface area contributed by atoms with Gasteiger partial charge in [0, 0.05) is 17.8 Å². The van der Waals surface area contributed by atoms with Crippen molar-refractivity contribution >= 4 is 28.3 Å². The lowest BCUT2D eigenvalue weighted by Gasteiger charge is -2.05. The van der Waals surface area contributed by atoms with Crippen LogP contribution in [-0.4, -0.2) is 15.9 Å². The fraction of sp³-hybridized carbons (Fsp3) is 0.250. The first-order valence-corrected chi connectivity index (χ1v) is 8.09. The van der Waals surface area contributed by atoms with E-state index in [9.17, 15) is 9.59 Å². The van der Waals surface area contributed by atoms with Crippen LogP contribution in [0.2, 0.25) is 0 Å². The predicted molar refractivity (Wildman–Crippen MR) is 88.0 cm³/mol. The largest absolute Gasteiger partial charge is 0.352 e. The first-order chi connectivity index (χ1) is 10.7. The van der Waals surface area contributed by atoms with Crippen molar-refractivity contribution < 1.29 is 4.79 Å². The number of benzene rings is 1. The fourth-order valence-corrected chi connectivity index (χ4v) is 3.11. The first-order valence-electron chi connectivity index (χ1n) is 7.21. The number of hydrogen-bond donors (Lipinski definition) is 3. The van der Waals surface area contributed by atoms with E-state index in [0.717, 1.165) is 29.4 Å². The Morgan fingerprint density at radius 1 is 1.18 bits per heavy atom. The number of amides is 1. The van der Waals surface area contributed by atoms with Gasteiger partial charge in [0.15, 0.2) is 0 Å². The van der Waals surface area contributed by atoms with Crippen LogP contribution in [0.5, 0.6) is 0 Å². The van der Waals surface area contributed by atoms with Crippen LogP contribution < -0.4 is 11.0 Å². The normalized spacial score (nSPS) is 10.9. The average Bonchev–Trinajstić information content (AvgIpc) is 3.12. The summed E-state index contributed by atoms with van der Waals surface area (Å²) in [6, 6.07) is 9.74. The molecule has 3 aromatic rings. The van der Waals surface area contributed by atoms with E-state index in [-0.39, 0.29) is 11.6 Å². The molecule has 0 radical (unpaired) electrons. The predicted octanol–water partition coefficient (Wildman–Crippen LogP) is 2.56. The van der Waals surface area contributed by atoms with Crippen molar-refractivity contribution in [1.82, 2.24) is 15.3 Å². The molecule has 114 valence electrons. The van der Waals surface area contributed by atoms with Gasteiger partial charge in [-0.1, -0.05) is 12.1 Å². The Balaban J connectivity index is 1.48. The molecule has 0 bridgehead atoms. The van der Waals surface area contributed by atoms with Gasteiger partial charge in [-0.3, -0.25) is 4.79 Å². The lowest BCUT2D eigenvalue weighted by molar-refractivity contribution is -0.121. The number of carbonyl (C=O) groups excluding carboxylic acids is 1. The number of fused-ring (bicyclic) bond motifs is 1. The van der Waals surface area contributed by atoms with Gasteiger partial charge >= 0.3 is 5.69 Å². The van der Waals surface area contributed by atoms with Crippen molar-refractivity contribution in [3.05, 3.63) is 56.6 Å². The number of aromatic amines is 2. The van der Waals surface area contributed by atoms with Gasteiger partial charge in [0.2, 0.25) is 5.91 Å². The highest BCUT2D eigenvalue weighted by molar-refractivity contribution is 7.09. The highest BCUT2D eigenvalue weighted by atomic mass is 32.1. The number of nitrogens with one attached hydrogen (secondary N) is 3. The maximum atomic E-state index is 11.8. The minimum Gasteiger partial charge on any atom is -0.352 e. The average molecular weight is 315 g/mol. The summed E-state index contributed by atoms with van der Waals surface area (Å²) in [6.07, 6.45) is 2.33. The standard InChI is InChI=1S/C16H17N3O2S/c20-15(5-1-3-12-4-2-8-22-12)17-10-11-6-7-13-14(9-11)19-16(21)18-13/h2,4,6-9H,1,3,5,10H2,(H,17,20)(H2,18,19,21). The van der Waals surface area contributed by atoms with Crippen molar-refractivity contribution in [2.75, 3.05) is 0 Å². The third-order valence-electron chi connectivity index (χ3n) is 3.48. The summed E-state index contributed by atoms with van der Waals surface area (Å²) in [5.74, 6) is 0.0548. The van der Waals surface area contributed by atoms with E-state index in [2.05, 4.69) is 26.7 Å². The number of imidazole rings is 1. The Hall–Kier alpha value is -2.34. The monoisotopic (exact) mass is 315 g/mol. The number of thiophene rings is 1. The minimum absolute atomic E-state index is 0.0548. The van der Waals surface area contributed by atoms with E-state index in [1.807, 2.05) is 24.3 Å². The van der Waals surface area contributed by atoms with Gasteiger partial charge in [-0.15, -0.1) is 11.3 Å².